The maximum atomic E-state index is 13.0. The van der Waals surface area contributed by atoms with Crippen molar-refractivity contribution in [3.63, 3.8) is 0 Å². The van der Waals surface area contributed by atoms with E-state index in [9.17, 15) is 24.6 Å². The van der Waals surface area contributed by atoms with Crippen molar-refractivity contribution in [2.45, 2.75) is 98.1 Å². The molecule has 2 heterocycles. The van der Waals surface area contributed by atoms with Crippen LogP contribution < -0.4 is 5.32 Å². The lowest BCUT2D eigenvalue weighted by Gasteiger charge is -2.35. The number of aromatic hydroxyl groups is 2. The molecule has 0 saturated carbocycles. The topological polar surface area (TPSA) is 145 Å². The first-order valence-corrected chi connectivity index (χ1v) is 17.4. The van der Waals surface area contributed by atoms with Gasteiger partial charge in [0.25, 0.3) is 5.91 Å². The average Bonchev–Trinajstić information content (AvgIpc) is 3.47. The van der Waals surface area contributed by atoms with E-state index < -0.39 is 5.60 Å². The van der Waals surface area contributed by atoms with Crippen molar-refractivity contribution in [1.29, 1.82) is 0 Å². The van der Waals surface area contributed by atoms with E-state index in [-0.39, 0.29) is 46.7 Å². The van der Waals surface area contributed by atoms with Gasteiger partial charge in [0.1, 0.15) is 17.1 Å². The van der Waals surface area contributed by atoms with Gasteiger partial charge in [0, 0.05) is 58.2 Å². The fourth-order valence-corrected chi connectivity index (χ4v) is 6.02. The molecule has 266 valence electrons. The Morgan fingerprint density at radius 3 is 2.20 bits per heavy atom. The van der Waals surface area contributed by atoms with Crippen molar-refractivity contribution in [3.05, 3.63) is 53.2 Å². The van der Waals surface area contributed by atoms with Crippen LogP contribution >= 0.6 is 0 Å². The molecular weight excluding hydrogens is 624 g/mol. The molecule has 0 bridgehead atoms. The number of ether oxygens (including phenoxy) is 1. The molecule has 2 aromatic carbocycles. The zero-order valence-corrected chi connectivity index (χ0v) is 29.8. The maximum Gasteiger partial charge on any atom is 0.306 e. The Morgan fingerprint density at radius 2 is 1.59 bits per heavy atom. The SMILES string of the molecule is CCNC(=O)c1noc(-c2cc(C(C)C)c(O)cc2O)c1-c1ccc(CN2CCN(C(=O)CCCCCCC(=O)OC(C)(C)C)CC2)cc1. The highest BCUT2D eigenvalue weighted by Crippen LogP contribution is 2.43. The Kier molecular flexibility index (Phi) is 12.9. The fraction of sp³-hybridized carbons (Fsp3) is 0.526. The second kappa shape index (κ2) is 16.8. The van der Waals surface area contributed by atoms with Crippen LogP contribution in [0.4, 0.5) is 0 Å². The normalized spacial score (nSPS) is 13.9. The molecule has 3 N–H and O–H groups in total. The first-order chi connectivity index (χ1) is 23.3. The van der Waals surface area contributed by atoms with Gasteiger partial charge in [-0.1, -0.05) is 56.1 Å². The van der Waals surface area contributed by atoms with Gasteiger partial charge in [-0.2, -0.15) is 0 Å². The van der Waals surface area contributed by atoms with Crippen molar-refractivity contribution in [1.82, 2.24) is 20.3 Å². The second-order valence-corrected chi connectivity index (χ2v) is 14.0. The molecule has 1 aromatic heterocycles. The molecule has 1 saturated heterocycles. The summed E-state index contributed by atoms with van der Waals surface area (Å²) in [5, 5.41) is 28.0. The van der Waals surface area contributed by atoms with E-state index in [1.165, 1.54) is 6.07 Å². The number of hydrogen-bond acceptors (Lipinski definition) is 9. The lowest BCUT2D eigenvalue weighted by molar-refractivity contribution is -0.155. The number of benzene rings is 2. The van der Waals surface area contributed by atoms with Crippen molar-refractivity contribution in [2.24, 2.45) is 0 Å². The number of unbranched alkanes of at least 4 members (excludes halogenated alkanes) is 3. The van der Waals surface area contributed by atoms with Gasteiger partial charge in [-0.3, -0.25) is 19.3 Å². The van der Waals surface area contributed by atoms with Crippen molar-refractivity contribution < 1.29 is 33.9 Å². The molecule has 0 radical (unpaired) electrons. The van der Waals surface area contributed by atoms with Crippen molar-refractivity contribution in [3.8, 4) is 33.9 Å². The van der Waals surface area contributed by atoms with Gasteiger partial charge < -0.3 is 29.7 Å². The third-order valence-corrected chi connectivity index (χ3v) is 8.57. The number of phenolic OH excluding ortho intramolecular Hbond substituents is 2. The Bertz CT molecular complexity index is 1580. The number of nitrogens with zero attached hydrogens (tertiary/aromatic N) is 3. The van der Waals surface area contributed by atoms with Crippen molar-refractivity contribution >= 4 is 17.8 Å². The lowest BCUT2D eigenvalue weighted by Crippen LogP contribution is -2.48. The molecule has 1 aliphatic heterocycles. The van der Waals surface area contributed by atoms with Crippen LogP contribution in [-0.2, 0) is 20.9 Å². The van der Waals surface area contributed by atoms with Gasteiger partial charge in [-0.05, 0) is 69.2 Å². The summed E-state index contributed by atoms with van der Waals surface area (Å²) < 4.78 is 11.0. The summed E-state index contributed by atoms with van der Waals surface area (Å²) in [6, 6.07) is 10.8. The number of amides is 2. The Hall–Kier alpha value is -4.38. The van der Waals surface area contributed by atoms with Gasteiger partial charge in [0.15, 0.2) is 11.5 Å². The Balaban J connectivity index is 1.33. The molecule has 0 atom stereocenters. The van der Waals surface area contributed by atoms with Crippen LogP contribution in [0.1, 0.15) is 108 Å². The smallest absolute Gasteiger partial charge is 0.306 e. The molecule has 0 aliphatic carbocycles. The molecule has 11 nitrogen and oxygen atoms in total. The van der Waals surface area contributed by atoms with Gasteiger partial charge in [0.05, 0.1) is 11.1 Å². The minimum Gasteiger partial charge on any atom is -0.508 e. The minimum absolute atomic E-state index is 0.0126. The summed E-state index contributed by atoms with van der Waals surface area (Å²) in [4.78, 5) is 41.9. The maximum absolute atomic E-state index is 13.0. The van der Waals surface area contributed by atoms with Gasteiger partial charge >= 0.3 is 5.97 Å². The van der Waals surface area contributed by atoms with Gasteiger partial charge in [0.2, 0.25) is 5.91 Å². The van der Waals surface area contributed by atoms with Crippen LogP contribution in [-0.4, -0.2) is 81.3 Å². The lowest BCUT2D eigenvalue weighted by atomic mass is 9.94. The van der Waals surface area contributed by atoms with Crippen LogP contribution in [0.15, 0.2) is 40.9 Å². The van der Waals surface area contributed by atoms with E-state index in [1.54, 1.807) is 6.07 Å². The first-order valence-electron chi connectivity index (χ1n) is 17.4. The number of phenols is 2. The molecule has 3 aromatic rings. The van der Waals surface area contributed by atoms with Gasteiger partial charge in [-0.25, -0.2) is 0 Å². The largest absolute Gasteiger partial charge is 0.508 e. The molecule has 2 amide bonds. The predicted molar refractivity (Wildman–Crippen MR) is 188 cm³/mol. The number of aromatic nitrogens is 1. The van der Waals surface area contributed by atoms with E-state index in [0.717, 1.165) is 50.9 Å². The second-order valence-electron chi connectivity index (χ2n) is 14.0. The summed E-state index contributed by atoms with van der Waals surface area (Å²) in [6.45, 7) is 15.4. The van der Waals surface area contributed by atoms with E-state index in [2.05, 4.69) is 15.4 Å². The minimum atomic E-state index is -0.457. The Labute approximate surface area is 289 Å². The molecule has 1 fully saturated rings. The number of nitrogens with one attached hydrogen (secondary N) is 1. The highest BCUT2D eigenvalue weighted by atomic mass is 16.6. The van der Waals surface area contributed by atoms with Crippen LogP contribution in [0.25, 0.3) is 22.5 Å². The van der Waals surface area contributed by atoms with Crippen LogP contribution in [0.2, 0.25) is 0 Å². The standard InChI is InChI=1S/C38H52N4O7/c1-7-39-37(47)35-34(36(49-40-35)29-22-28(25(2)3)30(43)23-31(29)44)27-16-14-26(15-17-27)24-41-18-20-42(21-19-41)32(45)12-10-8-9-11-13-33(46)48-38(4,5)6/h14-17,22-23,25,43-44H,7-13,18-21,24H2,1-6H3,(H,39,47). The predicted octanol–water partition coefficient (Wildman–Crippen LogP) is 6.62. The number of carbonyl (C=O) groups is 3. The molecule has 49 heavy (non-hydrogen) atoms. The quantitative estimate of drug-likeness (QED) is 0.127. The van der Waals surface area contributed by atoms with E-state index in [4.69, 9.17) is 9.26 Å². The van der Waals surface area contributed by atoms with E-state index in [0.29, 0.717) is 54.7 Å². The van der Waals surface area contributed by atoms with Crippen LogP contribution in [0.5, 0.6) is 11.5 Å². The Morgan fingerprint density at radius 1 is 0.939 bits per heavy atom. The number of carbonyl (C=O) groups excluding carboxylic acids is 3. The molecule has 0 unspecified atom stereocenters. The number of hydrogen-bond donors (Lipinski definition) is 3. The van der Waals surface area contributed by atoms with Crippen LogP contribution in [0.3, 0.4) is 0 Å². The average molecular weight is 677 g/mol. The van der Waals surface area contributed by atoms with Gasteiger partial charge in [-0.15, -0.1) is 0 Å². The fourth-order valence-electron chi connectivity index (χ4n) is 6.02. The summed E-state index contributed by atoms with van der Waals surface area (Å²) in [5.41, 5.74) is 2.89. The van der Waals surface area contributed by atoms with Crippen LogP contribution in [0, 0.1) is 0 Å². The third kappa shape index (κ3) is 10.3. The summed E-state index contributed by atoms with van der Waals surface area (Å²) in [6.07, 6.45) is 4.36. The first kappa shape index (κ1) is 37.4. The molecular formula is C38H52N4O7. The molecule has 0 spiro atoms. The van der Waals surface area contributed by atoms with E-state index >= 15 is 0 Å². The monoisotopic (exact) mass is 676 g/mol. The zero-order chi connectivity index (χ0) is 35.7. The summed E-state index contributed by atoms with van der Waals surface area (Å²) in [5.74, 6) is -0.324. The molecule has 4 rings (SSSR count). The highest BCUT2D eigenvalue weighted by molar-refractivity contribution is 6.02. The third-order valence-electron chi connectivity index (χ3n) is 8.57. The molecule has 1 aliphatic rings. The number of piperazine rings is 1. The zero-order valence-electron chi connectivity index (χ0n) is 29.8. The number of rotatable bonds is 14. The summed E-state index contributed by atoms with van der Waals surface area (Å²) >= 11 is 0. The summed E-state index contributed by atoms with van der Waals surface area (Å²) in [7, 11) is 0. The number of esters is 1. The van der Waals surface area contributed by atoms with E-state index in [1.807, 2.05) is 70.7 Å². The highest BCUT2D eigenvalue weighted by Gasteiger charge is 2.27. The van der Waals surface area contributed by atoms with Crippen molar-refractivity contribution in [2.75, 3.05) is 32.7 Å². The molecule has 11 heteroatoms.